The van der Waals surface area contributed by atoms with Crippen molar-refractivity contribution in [2.45, 2.75) is 69.5 Å². The van der Waals surface area contributed by atoms with E-state index < -0.39 is 0 Å². The number of nitrogens with zero attached hydrogens (tertiary/aromatic N) is 1. The highest BCUT2D eigenvalue weighted by Crippen LogP contribution is 2.41. The second-order valence-corrected chi connectivity index (χ2v) is 5.02. The van der Waals surface area contributed by atoms with Crippen LogP contribution in [0.1, 0.15) is 51.4 Å². The largest absolute Gasteiger partial charge is 0.294 e. The smallest absolute Gasteiger partial charge is 0.0104 e. The molecule has 3 rings (SSSR count). The molecule has 2 aliphatic heterocycles. The zero-order valence-electron chi connectivity index (χ0n) is 8.41. The Labute approximate surface area is 81.5 Å². The summed E-state index contributed by atoms with van der Waals surface area (Å²) in [6.07, 6.45) is 14.2. The molecule has 1 atom stereocenters. The van der Waals surface area contributed by atoms with Crippen molar-refractivity contribution in [3.05, 3.63) is 6.42 Å². The topological polar surface area (TPSA) is 3.24 Å². The fourth-order valence-electron chi connectivity index (χ4n) is 3.75. The van der Waals surface area contributed by atoms with Gasteiger partial charge in [0.15, 0.2) is 0 Å². The lowest BCUT2D eigenvalue weighted by Crippen LogP contribution is -2.40. The lowest BCUT2D eigenvalue weighted by molar-refractivity contribution is 0.152. The molecular formula is C12H20N. The molecule has 0 amide bonds. The first-order valence-corrected chi connectivity index (χ1v) is 6.04. The number of rotatable bonds is 1. The molecule has 1 saturated carbocycles. The van der Waals surface area contributed by atoms with Crippen LogP contribution in [0.5, 0.6) is 0 Å². The SMILES string of the molecule is [CH]1CCCC(N2C3CCC2CC3)C1. The summed E-state index contributed by atoms with van der Waals surface area (Å²) in [6.45, 7) is 0. The Morgan fingerprint density at radius 2 is 1.54 bits per heavy atom. The number of hydrogen-bond donors (Lipinski definition) is 0. The Hall–Kier alpha value is -0.0400. The minimum atomic E-state index is 0.939. The highest BCUT2D eigenvalue weighted by Gasteiger charge is 2.42. The van der Waals surface area contributed by atoms with E-state index in [4.69, 9.17) is 0 Å². The molecule has 2 heterocycles. The highest BCUT2D eigenvalue weighted by atomic mass is 15.3. The molecule has 3 fully saturated rings. The van der Waals surface area contributed by atoms with E-state index in [-0.39, 0.29) is 0 Å². The molecule has 1 unspecified atom stereocenters. The van der Waals surface area contributed by atoms with E-state index in [1.807, 2.05) is 0 Å². The van der Waals surface area contributed by atoms with Gasteiger partial charge in [-0.05, 0) is 44.9 Å². The first kappa shape index (κ1) is 8.28. The molecule has 1 aliphatic carbocycles. The van der Waals surface area contributed by atoms with E-state index in [1.165, 1.54) is 51.4 Å². The summed E-state index contributed by atoms with van der Waals surface area (Å²) >= 11 is 0. The zero-order valence-corrected chi connectivity index (χ0v) is 8.41. The Bertz CT molecular complexity index is 164. The van der Waals surface area contributed by atoms with E-state index in [0.717, 1.165) is 18.1 Å². The van der Waals surface area contributed by atoms with E-state index >= 15 is 0 Å². The summed E-state index contributed by atoms with van der Waals surface area (Å²) in [4.78, 5) is 2.88. The summed E-state index contributed by atoms with van der Waals surface area (Å²) in [5, 5.41) is 0. The monoisotopic (exact) mass is 178 g/mol. The second kappa shape index (κ2) is 3.27. The van der Waals surface area contributed by atoms with Crippen molar-refractivity contribution in [2.24, 2.45) is 0 Å². The van der Waals surface area contributed by atoms with Crippen LogP contribution in [0.2, 0.25) is 0 Å². The van der Waals surface area contributed by atoms with Gasteiger partial charge in [0.1, 0.15) is 0 Å². The third kappa shape index (κ3) is 1.32. The van der Waals surface area contributed by atoms with E-state index in [1.54, 1.807) is 0 Å². The van der Waals surface area contributed by atoms with Crippen LogP contribution >= 0.6 is 0 Å². The Kier molecular flexibility index (Phi) is 2.08. The first-order valence-electron chi connectivity index (χ1n) is 6.04. The zero-order chi connectivity index (χ0) is 8.67. The molecule has 2 saturated heterocycles. The molecule has 1 nitrogen and oxygen atoms in total. The summed E-state index contributed by atoms with van der Waals surface area (Å²) in [6, 6.07) is 2.91. The normalized spacial score (nSPS) is 41.5. The van der Waals surface area contributed by atoms with Gasteiger partial charge in [-0.2, -0.15) is 0 Å². The molecule has 0 N–H and O–H groups in total. The molecule has 73 valence electrons. The van der Waals surface area contributed by atoms with Crippen molar-refractivity contribution in [3.8, 4) is 0 Å². The lowest BCUT2D eigenvalue weighted by atomic mass is 9.94. The van der Waals surface area contributed by atoms with Crippen LogP contribution in [-0.2, 0) is 0 Å². The van der Waals surface area contributed by atoms with Crippen molar-refractivity contribution in [1.29, 1.82) is 0 Å². The predicted molar refractivity (Wildman–Crippen MR) is 54.4 cm³/mol. The molecule has 2 bridgehead atoms. The van der Waals surface area contributed by atoms with Gasteiger partial charge < -0.3 is 0 Å². The molecule has 0 spiro atoms. The quantitative estimate of drug-likeness (QED) is 0.597. The van der Waals surface area contributed by atoms with E-state index in [2.05, 4.69) is 11.3 Å². The van der Waals surface area contributed by atoms with Gasteiger partial charge in [0, 0.05) is 18.1 Å². The average Bonchev–Trinajstić information content (AvgIpc) is 2.78. The van der Waals surface area contributed by atoms with Gasteiger partial charge in [0.05, 0.1) is 0 Å². The summed E-state index contributed by atoms with van der Waals surface area (Å²) in [7, 11) is 0. The third-order valence-electron chi connectivity index (χ3n) is 4.32. The standard InChI is InChI=1S/C12H20N/c1-2-4-10(5-3-1)13-11-6-7-12(13)9-8-11/h2,10-12H,1,3-9H2. The van der Waals surface area contributed by atoms with Crippen molar-refractivity contribution in [2.75, 3.05) is 0 Å². The second-order valence-electron chi connectivity index (χ2n) is 5.02. The van der Waals surface area contributed by atoms with Crippen molar-refractivity contribution >= 4 is 0 Å². The van der Waals surface area contributed by atoms with Gasteiger partial charge in [-0.15, -0.1) is 0 Å². The van der Waals surface area contributed by atoms with Crippen LogP contribution < -0.4 is 0 Å². The van der Waals surface area contributed by atoms with Crippen LogP contribution in [0.15, 0.2) is 0 Å². The van der Waals surface area contributed by atoms with Gasteiger partial charge in [0.2, 0.25) is 0 Å². The molecule has 3 aliphatic rings. The van der Waals surface area contributed by atoms with Gasteiger partial charge in [-0.3, -0.25) is 4.90 Å². The van der Waals surface area contributed by atoms with Gasteiger partial charge in [-0.25, -0.2) is 0 Å². The summed E-state index contributed by atoms with van der Waals surface area (Å²) in [5.41, 5.74) is 0. The van der Waals surface area contributed by atoms with Gasteiger partial charge in [-0.1, -0.05) is 12.8 Å². The summed E-state index contributed by atoms with van der Waals surface area (Å²) in [5.74, 6) is 0. The van der Waals surface area contributed by atoms with Gasteiger partial charge in [0.25, 0.3) is 0 Å². The fraction of sp³-hybridized carbons (Fsp3) is 0.917. The van der Waals surface area contributed by atoms with Crippen LogP contribution in [0.25, 0.3) is 0 Å². The number of hydrogen-bond acceptors (Lipinski definition) is 1. The van der Waals surface area contributed by atoms with E-state index in [9.17, 15) is 0 Å². The molecular weight excluding hydrogens is 158 g/mol. The van der Waals surface area contributed by atoms with Crippen LogP contribution in [0.3, 0.4) is 0 Å². The van der Waals surface area contributed by atoms with Crippen molar-refractivity contribution in [3.63, 3.8) is 0 Å². The predicted octanol–water partition coefficient (Wildman–Crippen LogP) is 2.76. The Morgan fingerprint density at radius 1 is 0.846 bits per heavy atom. The fourth-order valence-corrected chi connectivity index (χ4v) is 3.75. The maximum atomic E-state index is 2.88. The van der Waals surface area contributed by atoms with Crippen molar-refractivity contribution in [1.82, 2.24) is 4.90 Å². The molecule has 0 aromatic rings. The maximum Gasteiger partial charge on any atom is 0.0104 e. The van der Waals surface area contributed by atoms with Gasteiger partial charge >= 0.3 is 0 Å². The molecule has 1 heteroatoms. The third-order valence-corrected chi connectivity index (χ3v) is 4.32. The first-order chi connectivity index (χ1) is 6.45. The Morgan fingerprint density at radius 3 is 2.08 bits per heavy atom. The van der Waals surface area contributed by atoms with Crippen LogP contribution in [0.4, 0.5) is 0 Å². The molecule has 0 aromatic heterocycles. The maximum absolute atomic E-state index is 2.88. The minimum absolute atomic E-state index is 0.939. The number of fused-ring (bicyclic) bond motifs is 2. The molecule has 0 aromatic carbocycles. The molecule has 1 radical (unpaired) electrons. The lowest BCUT2D eigenvalue weighted by Gasteiger charge is -2.34. The average molecular weight is 178 g/mol. The minimum Gasteiger partial charge on any atom is -0.294 e. The van der Waals surface area contributed by atoms with Crippen LogP contribution in [0, 0.1) is 6.42 Å². The highest BCUT2D eigenvalue weighted by molar-refractivity contribution is 5.00. The Balaban J connectivity index is 1.70. The van der Waals surface area contributed by atoms with Crippen LogP contribution in [-0.4, -0.2) is 23.0 Å². The van der Waals surface area contributed by atoms with E-state index in [0.29, 0.717) is 0 Å². The summed E-state index contributed by atoms with van der Waals surface area (Å²) < 4.78 is 0. The van der Waals surface area contributed by atoms with Crippen molar-refractivity contribution < 1.29 is 0 Å². The molecule has 13 heavy (non-hydrogen) atoms.